The van der Waals surface area contributed by atoms with Gasteiger partial charge in [-0.1, -0.05) is 30.0 Å². The zero-order valence-corrected chi connectivity index (χ0v) is 17.0. The first-order valence-corrected chi connectivity index (χ1v) is 10.6. The van der Waals surface area contributed by atoms with Gasteiger partial charge in [-0.25, -0.2) is 4.98 Å². The fraction of sp³-hybridized carbons (Fsp3) is 0.368. The lowest BCUT2D eigenvalue weighted by Crippen LogP contribution is -2.40. The Morgan fingerprint density at radius 1 is 1.41 bits per heavy atom. The molecule has 0 saturated heterocycles. The number of thioether (sulfide) groups is 1. The van der Waals surface area contributed by atoms with Crippen molar-refractivity contribution >= 4 is 34.7 Å². The van der Waals surface area contributed by atoms with Crippen molar-refractivity contribution in [1.29, 1.82) is 0 Å². The van der Waals surface area contributed by atoms with E-state index >= 15 is 0 Å². The van der Waals surface area contributed by atoms with Crippen LogP contribution in [-0.4, -0.2) is 32.4 Å². The molecule has 2 aromatic heterocycles. The van der Waals surface area contributed by atoms with Crippen molar-refractivity contribution in [2.24, 2.45) is 0 Å². The quantitative estimate of drug-likeness (QED) is 0.605. The van der Waals surface area contributed by atoms with Gasteiger partial charge in [-0.3, -0.25) is 4.79 Å². The number of anilines is 1. The van der Waals surface area contributed by atoms with Gasteiger partial charge in [0.1, 0.15) is 0 Å². The minimum absolute atomic E-state index is 0.0623. The second kappa shape index (κ2) is 7.44. The Hall–Kier alpha value is -2.19. The zero-order valence-electron chi connectivity index (χ0n) is 15.4. The number of hydrogen-bond acceptors (Lipinski definition) is 7. The molecule has 0 spiro atoms. The third kappa shape index (κ3) is 3.77. The molecule has 140 valence electrons. The molecule has 1 aliphatic heterocycles. The molecule has 0 aliphatic carbocycles. The monoisotopic (exact) mass is 400 g/mol. The SMILES string of the molecule is Cc1nc(Cc2nnc(SC(C)C(=O)N3c4ccccc4CC3C)o2)cs1. The van der Waals surface area contributed by atoms with Crippen LogP contribution in [-0.2, 0) is 17.6 Å². The van der Waals surface area contributed by atoms with Gasteiger partial charge in [0, 0.05) is 17.1 Å². The second-order valence-corrected chi connectivity index (χ2v) is 9.00. The van der Waals surface area contributed by atoms with Crippen molar-refractivity contribution in [2.45, 2.75) is 50.1 Å². The fourth-order valence-corrected chi connectivity index (χ4v) is 4.66. The van der Waals surface area contributed by atoms with Gasteiger partial charge >= 0.3 is 0 Å². The van der Waals surface area contributed by atoms with E-state index in [1.807, 2.05) is 42.3 Å². The molecular weight excluding hydrogens is 380 g/mol. The summed E-state index contributed by atoms with van der Waals surface area (Å²) in [5, 5.41) is 11.3. The summed E-state index contributed by atoms with van der Waals surface area (Å²) in [5.74, 6) is 0.578. The van der Waals surface area contributed by atoms with Gasteiger partial charge < -0.3 is 9.32 Å². The summed E-state index contributed by atoms with van der Waals surface area (Å²) >= 11 is 2.90. The lowest BCUT2D eigenvalue weighted by molar-refractivity contribution is -0.118. The molecule has 0 fully saturated rings. The number of aromatic nitrogens is 3. The average Bonchev–Trinajstić information content (AvgIpc) is 3.33. The second-order valence-electron chi connectivity index (χ2n) is 6.65. The molecule has 4 rings (SSSR count). The summed E-state index contributed by atoms with van der Waals surface area (Å²) in [6.45, 7) is 5.93. The van der Waals surface area contributed by atoms with E-state index in [1.165, 1.54) is 17.3 Å². The lowest BCUT2D eigenvalue weighted by Gasteiger charge is -2.25. The van der Waals surface area contributed by atoms with Gasteiger partial charge in [0.2, 0.25) is 11.8 Å². The molecule has 8 heteroatoms. The number of para-hydroxylation sites is 1. The minimum atomic E-state index is -0.312. The highest BCUT2D eigenvalue weighted by molar-refractivity contribution is 8.00. The van der Waals surface area contributed by atoms with Crippen molar-refractivity contribution in [3.63, 3.8) is 0 Å². The lowest BCUT2D eigenvalue weighted by atomic mass is 10.1. The number of carbonyl (C=O) groups excluding carboxylic acids is 1. The summed E-state index contributed by atoms with van der Waals surface area (Å²) < 4.78 is 5.71. The third-order valence-corrected chi connectivity index (χ3v) is 6.26. The van der Waals surface area contributed by atoms with E-state index in [0.717, 1.165) is 22.8 Å². The number of benzene rings is 1. The average molecular weight is 401 g/mol. The van der Waals surface area contributed by atoms with Gasteiger partial charge in [0.05, 0.1) is 22.4 Å². The highest BCUT2D eigenvalue weighted by Gasteiger charge is 2.34. The molecule has 3 heterocycles. The highest BCUT2D eigenvalue weighted by atomic mass is 32.2. The van der Waals surface area contributed by atoms with Crippen molar-refractivity contribution in [2.75, 3.05) is 4.90 Å². The number of thiazole rings is 1. The van der Waals surface area contributed by atoms with Gasteiger partial charge in [-0.2, -0.15) is 0 Å². The number of rotatable bonds is 5. The van der Waals surface area contributed by atoms with Gasteiger partial charge in [0.15, 0.2) is 0 Å². The molecule has 6 nitrogen and oxygen atoms in total. The van der Waals surface area contributed by atoms with Crippen LogP contribution in [0.4, 0.5) is 5.69 Å². The predicted octanol–water partition coefficient (Wildman–Crippen LogP) is 3.88. The summed E-state index contributed by atoms with van der Waals surface area (Å²) in [5.41, 5.74) is 3.14. The van der Waals surface area contributed by atoms with E-state index < -0.39 is 0 Å². The first-order chi connectivity index (χ1) is 13.0. The van der Waals surface area contributed by atoms with Crippen molar-refractivity contribution < 1.29 is 9.21 Å². The number of aryl methyl sites for hydroxylation is 1. The molecule has 0 bridgehead atoms. The summed E-state index contributed by atoms with van der Waals surface area (Å²) in [6.07, 6.45) is 1.40. The Kier molecular flexibility index (Phi) is 5.01. The first kappa shape index (κ1) is 18.2. The molecule has 27 heavy (non-hydrogen) atoms. The van der Waals surface area contributed by atoms with Crippen molar-refractivity contribution in [3.05, 3.63) is 51.8 Å². The molecule has 0 radical (unpaired) electrons. The highest BCUT2D eigenvalue weighted by Crippen LogP contribution is 2.34. The largest absolute Gasteiger partial charge is 0.416 e. The minimum Gasteiger partial charge on any atom is -0.416 e. The van der Waals surface area contributed by atoms with E-state index in [-0.39, 0.29) is 17.2 Å². The Bertz CT molecular complexity index is 968. The summed E-state index contributed by atoms with van der Waals surface area (Å²) in [4.78, 5) is 19.3. The van der Waals surface area contributed by atoms with Gasteiger partial charge in [-0.15, -0.1) is 21.5 Å². The topological polar surface area (TPSA) is 72.1 Å². The van der Waals surface area contributed by atoms with Crippen molar-refractivity contribution in [1.82, 2.24) is 15.2 Å². The molecular formula is C19H20N4O2S2. The van der Waals surface area contributed by atoms with Crippen LogP contribution in [0, 0.1) is 6.92 Å². The van der Waals surface area contributed by atoms with Crippen LogP contribution in [0.15, 0.2) is 39.3 Å². The molecule has 1 aromatic carbocycles. The smallest absolute Gasteiger partial charge is 0.277 e. The number of hydrogen-bond donors (Lipinski definition) is 0. The Labute approximate surface area is 166 Å². The molecule has 1 amide bonds. The standard InChI is InChI=1S/C19H20N4O2S2/c1-11-8-14-6-4-5-7-16(14)23(11)18(24)12(2)27-19-22-21-17(25-19)9-15-10-26-13(3)20-15/h4-7,10-12H,8-9H2,1-3H3. The normalized spacial score (nSPS) is 17.1. The maximum absolute atomic E-state index is 13.0. The van der Waals surface area contributed by atoms with Crippen LogP contribution in [0.25, 0.3) is 0 Å². The van der Waals surface area contributed by atoms with E-state index in [2.05, 4.69) is 28.2 Å². The third-order valence-electron chi connectivity index (χ3n) is 4.52. The molecule has 0 saturated carbocycles. The van der Waals surface area contributed by atoms with Crippen LogP contribution < -0.4 is 4.90 Å². The summed E-state index contributed by atoms with van der Waals surface area (Å²) in [6, 6.07) is 8.24. The maximum Gasteiger partial charge on any atom is 0.277 e. The molecule has 3 aromatic rings. The van der Waals surface area contributed by atoms with Gasteiger partial charge in [0.25, 0.3) is 5.22 Å². The van der Waals surface area contributed by atoms with Crippen LogP contribution in [0.1, 0.15) is 36.0 Å². The fourth-order valence-electron chi connectivity index (χ4n) is 3.30. The van der Waals surface area contributed by atoms with E-state index in [4.69, 9.17) is 4.42 Å². The first-order valence-electron chi connectivity index (χ1n) is 8.82. The Balaban J connectivity index is 1.43. The number of nitrogens with zero attached hydrogens (tertiary/aromatic N) is 4. The molecule has 1 aliphatic rings. The van der Waals surface area contributed by atoms with E-state index in [0.29, 0.717) is 17.5 Å². The zero-order chi connectivity index (χ0) is 19.0. The van der Waals surface area contributed by atoms with Gasteiger partial charge in [-0.05, 0) is 38.8 Å². The number of carbonyl (C=O) groups is 1. The number of fused-ring (bicyclic) bond motifs is 1. The van der Waals surface area contributed by atoms with E-state index in [9.17, 15) is 4.79 Å². The maximum atomic E-state index is 13.0. The predicted molar refractivity (Wildman–Crippen MR) is 106 cm³/mol. The molecule has 2 atom stereocenters. The van der Waals surface area contributed by atoms with Crippen LogP contribution in [0.3, 0.4) is 0 Å². The van der Waals surface area contributed by atoms with E-state index in [1.54, 1.807) is 11.3 Å². The molecule has 0 N–H and O–H groups in total. The van der Waals surface area contributed by atoms with Crippen LogP contribution in [0.5, 0.6) is 0 Å². The van der Waals surface area contributed by atoms with Crippen molar-refractivity contribution in [3.8, 4) is 0 Å². The van der Waals surface area contributed by atoms with Crippen LogP contribution in [0.2, 0.25) is 0 Å². The number of amides is 1. The van der Waals surface area contributed by atoms with Crippen LogP contribution >= 0.6 is 23.1 Å². The Morgan fingerprint density at radius 3 is 3.00 bits per heavy atom. The summed E-state index contributed by atoms with van der Waals surface area (Å²) in [7, 11) is 0. The Morgan fingerprint density at radius 2 is 2.22 bits per heavy atom. The molecule has 2 unspecified atom stereocenters.